The molecule has 0 N–H and O–H groups in total. The van der Waals surface area contributed by atoms with Gasteiger partial charge in [0.1, 0.15) is 0 Å². The van der Waals surface area contributed by atoms with E-state index in [1.54, 1.807) is 0 Å². The summed E-state index contributed by atoms with van der Waals surface area (Å²) in [6.45, 7) is 8.50. The Labute approximate surface area is 84.1 Å². The molecule has 1 nitrogen and oxygen atoms in total. The van der Waals surface area contributed by atoms with Crippen molar-refractivity contribution in [2.75, 3.05) is 0 Å². The van der Waals surface area contributed by atoms with Crippen LogP contribution in [0.3, 0.4) is 0 Å². The summed E-state index contributed by atoms with van der Waals surface area (Å²) in [6, 6.07) is 2.18. The van der Waals surface area contributed by atoms with Crippen molar-refractivity contribution in [3.63, 3.8) is 0 Å². The van der Waals surface area contributed by atoms with Crippen molar-refractivity contribution in [1.29, 1.82) is 0 Å². The third-order valence-electron chi connectivity index (χ3n) is 2.41. The van der Waals surface area contributed by atoms with Crippen LogP contribution in [0.5, 0.6) is 0 Å². The van der Waals surface area contributed by atoms with Crippen LogP contribution in [-0.2, 0) is 0 Å². The SMILES string of the molecule is Cc1cc2[se]c(C)c(C)c2c(C)[o+]1. The fourth-order valence-electron chi connectivity index (χ4n) is 1.70. The molecule has 0 spiro atoms. The Morgan fingerprint density at radius 2 is 1.85 bits per heavy atom. The standard InChI is InChI=1S/C11H13OSe/c1-6-5-10-11(8(3)12-6)7(2)9(4)13-10/h5H,1-4H3/q+1. The molecule has 0 amide bonds. The van der Waals surface area contributed by atoms with Gasteiger partial charge in [-0.15, -0.1) is 0 Å². The first-order valence-electron chi connectivity index (χ1n) is 4.39. The molecule has 2 heteroatoms. The van der Waals surface area contributed by atoms with Gasteiger partial charge in [0.05, 0.1) is 0 Å². The molecule has 0 saturated carbocycles. The molecule has 0 aliphatic carbocycles. The molecular weight excluding hydrogens is 227 g/mol. The summed E-state index contributed by atoms with van der Waals surface area (Å²) < 4.78 is 8.64. The van der Waals surface area contributed by atoms with Gasteiger partial charge >= 0.3 is 83.8 Å². The second-order valence-electron chi connectivity index (χ2n) is 3.44. The molecule has 2 aromatic heterocycles. The fraction of sp³-hybridized carbons (Fsp3) is 0.364. The Balaban J connectivity index is 2.94. The van der Waals surface area contributed by atoms with Crippen LogP contribution in [0, 0.1) is 27.7 Å². The fourth-order valence-corrected chi connectivity index (χ4v) is 4.24. The van der Waals surface area contributed by atoms with Gasteiger partial charge < -0.3 is 0 Å². The molecule has 2 rings (SSSR count). The second-order valence-corrected chi connectivity index (χ2v) is 6.07. The molecular formula is C11H13OSe+. The predicted octanol–water partition coefficient (Wildman–Crippen LogP) is 3.00. The maximum absolute atomic E-state index is 5.61. The molecule has 2 heterocycles. The number of fused-ring (bicyclic) bond motifs is 1. The van der Waals surface area contributed by atoms with Crippen molar-refractivity contribution >= 4 is 24.1 Å². The first kappa shape index (κ1) is 8.98. The first-order chi connectivity index (χ1) is 6.09. The average Bonchev–Trinajstić information content (AvgIpc) is 2.27. The van der Waals surface area contributed by atoms with E-state index >= 15 is 0 Å². The molecule has 0 bridgehead atoms. The first-order valence-corrected chi connectivity index (χ1v) is 6.11. The summed E-state index contributed by atoms with van der Waals surface area (Å²) in [5.74, 6) is 2.10. The summed E-state index contributed by atoms with van der Waals surface area (Å²) in [5.41, 5.74) is 1.43. The Kier molecular flexibility index (Phi) is 2.05. The Bertz CT molecular complexity index is 468. The van der Waals surface area contributed by atoms with Crippen molar-refractivity contribution in [3.05, 3.63) is 27.6 Å². The number of hydrogen-bond donors (Lipinski definition) is 0. The van der Waals surface area contributed by atoms with Gasteiger partial charge in [0.25, 0.3) is 0 Å². The van der Waals surface area contributed by atoms with Crippen LogP contribution in [0.25, 0.3) is 9.65 Å². The van der Waals surface area contributed by atoms with Crippen LogP contribution >= 0.6 is 0 Å². The number of aryl methyl sites for hydroxylation is 4. The molecule has 0 atom stereocenters. The molecule has 0 fully saturated rings. The van der Waals surface area contributed by atoms with Crippen LogP contribution in [-0.4, -0.2) is 14.5 Å². The summed E-state index contributed by atoms with van der Waals surface area (Å²) in [6.07, 6.45) is 0. The minimum atomic E-state index is 0.533. The van der Waals surface area contributed by atoms with Gasteiger partial charge in [-0.3, -0.25) is 0 Å². The van der Waals surface area contributed by atoms with Crippen molar-refractivity contribution in [2.45, 2.75) is 27.7 Å². The number of hydrogen-bond acceptors (Lipinski definition) is 0. The molecule has 13 heavy (non-hydrogen) atoms. The number of rotatable bonds is 0. The summed E-state index contributed by atoms with van der Waals surface area (Å²) in [7, 11) is 0. The van der Waals surface area contributed by atoms with E-state index in [1.165, 1.54) is 19.6 Å². The Morgan fingerprint density at radius 3 is 2.54 bits per heavy atom. The van der Waals surface area contributed by atoms with Crippen molar-refractivity contribution in [3.8, 4) is 0 Å². The topological polar surface area (TPSA) is 11.3 Å². The van der Waals surface area contributed by atoms with Gasteiger partial charge in [-0.05, 0) is 0 Å². The van der Waals surface area contributed by atoms with Gasteiger partial charge in [-0.1, -0.05) is 0 Å². The van der Waals surface area contributed by atoms with E-state index in [0.717, 1.165) is 11.5 Å². The van der Waals surface area contributed by atoms with Crippen LogP contribution in [0.1, 0.15) is 21.5 Å². The molecule has 68 valence electrons. The van der Waals surface area contributed by atoms with Crippen LogP contribution < -0.4 is 0 Å². The van der Waals surface area contributed by atoms with Gasteiger partial charge in [-0.2, -0.15) is 0 Å². The third kappa shape index (κ3) is 1.34. The van der Waals surface area contributed by atoms with Gasteiger partial charge in [0, 0.05) is 0 Å². The van der Waals surface area contributed by atoms with Gasteiger partial charge in [-0.25, -0.2) is 0 Å². The maximum atomic E-state index is 5.61. The van der Waals surface area contributed by atoms with Crippen LogP contribution in [0.15, 0.2) is 10.5 Å². The Hall–Kier alpha value is -0.591. The normalized spacial score (nSPS) is 11.1. The molecule has 0 aliphatic heterocycles. The zero-order valence-corrected chi connectivity index (χ0v) is 10.1. The monoisotopic (exact) mass is 241 g/mol. The van der Waals surface area contributed by atoms with E-state index in [1.807, 2.05) is 6.92 Å². The summed E-state index contributed by atoms with van der Waals surface area (Å²) >= 11 is 0.533. The van der Waals surface area contributed by atoms with E-state index < -0.39 is 0 Å². The van der Waals surface area contributed by atoms with E-state index in [-0.39, 0.29) is 0 Å². The van der Waals surface area contributed by atoms with E-state index in [2.05, 4.69) is 26.8 Å². The van der Waals surface area contributed by atoms with E-state index in [9.17, 15) is 0 Å². The third-order valence-corrected chi connectivity index (χ3v) is 4.83. The molecule has 2 aromatic rings. The Morgan fingerprint density at radius 1 is 1.15 bits per heavy atom. The second kappa shape index (κ2) is 2.97. The predicted molar refractivity (Wildman–Crippen MR) is 56.5 cm³/mol. The van der Waals surface area contributed by atoms with Crippen molar-refractivity contribution in [1.82, 2.24) is 0 Å². The molecule has 0 radical (unpaired) electrons. The summed E-state index contributed by atoms with van der Waals surface area (Å²) in [4.78, 5) is 0. The van der Waals surface area contributed by atoms with E-state index in [0.29, 0.717) is 14.5 Å². The van der Waals surface area contributed by atoms with Crippen LogP contribution in [0.4, 0.5) is 0 Å². The van der Waals surface area contributed by atoms with E-state index in [4.69, 9.17) is 4.42 Å². The van der Waals surface area contributed by atoms with Crippen molar-refractivity contribution in [2.24, 2.45) is 0 Å². The quantitative estimate of drug-likeness (QED) is 0.509. The molecule has 0 aliphatic rings. The zero-order valence-electron chi connectivity index (χ0n) is 8.39. The van der Waals surface area contributed by atoms with Gasteiger partial charge in [0.15, 0.2) is 0 Å². The summed E-state index contributed by atoms with van der Waals surface area (Å²) in [5, 5.41) is 1.36. The average molecular weight is 240 g/mol. The van der Waals surface area contributed by atoms with Crippen LogP contribution in [0.2, 0.25) is 0 Å². The molecule has 0 aromatic carbocycles. The molecule has 0 saturated heterocycles. The zero-order chi connectivity index (χ0) is 9.59. The molecule has 0 unspecified atom stereocenters. The van der Waals surface area contributed by atoms with Gasteiger partial charge in [0.2, 0.25) is 0 Å². The van der Waals surface area contributed by atoms with Crippen molar-refractivity contribution < 1.29 is 4.42 Å². The minimum absolute atomic E-state index is 0.533.